The summed E-state index contributed by atoms with van der Waals surface area (Å²) >= 11 is 0. The number of aromatic nitrogens is 3. The van der Waals surface area contributed by atoms with E-state index in [4.69, 9.17) is 19.4 Å². The van der Waals surface area contributed by atoms with Crippen molar-refractivity contribution >= 4 is 43.5 Å². The van der Waals surface area contributed by atoms with Crippen LogP contribution in [0, 0.1) is 0 Å². The lowest BCUT2D eigenvalue weighted by molar-refractivity contribution is 0.669. The average molecular weight is 652 g/mol. The van der Waals surface area contributed by atoms with Gasteiger partial charge in [-0.2, -0.15) is 0 Å². The minimum absolute atomic E-state index is 0.587. The number of benzene rings is 8. The van der Waals surface area contributed by atoms with E-state index in [2.05, 4.69) is 158 Å². The Morgan fingerprint density at radius 3 is 1.67 bits per heavy atom. The molecule has 51 heavy (non-hydrogen) atoms. The van der Waals surface area contributed by atoms with Crippen LogP contribution in [0.1, 0.15) is 0 Å². The number of hydrogen-bond acceptors (Lipinski definition) is 4. The zero-order valence-corrected chi connectivity index (χ0v) is 27.5. The van der Waals surface area contributed by atoms with Gasteiger partial charge in [0, 0.05) is 27.5 Å². The molecular weight excluding hydrogens is 623 g/mol. The zero-order valence-electron chi connectivity index (χ0n) is 27.5. The quantitative estimate of drug-likeness (QED) is 0.174. The van der Waals surface area contributed by atoms with Crippen molar-refractivity contribution in [1.29, 1.82) is 0 Å². The highest BCUT2D eigenvalue weighted by molar-refractivity contribution is 6.13. The molecule has 8 aromatic carbocycles. The topological polar surface area (TPSA) is 51.8 Å². The monoisotopic (exact) mass is 651 g/mol. The highest BCUT2D eigenvalue weighted by Gasteiger charge is 2.17. The predicted octanol–water partition coefficient (Wildman–Crippen LogP) is 12.4. The Morgan fingerprint density at radius 2 is 0.882 bits per heavy atom. The summed E-state index contributed by atoms with van der Waals surface area (Å²) in [6.07, 6.45) is 0. The molecular formula is C47H29N3O. The normalized spacial score (nSPS) is 11.5. The van der Waals surface area contributed by atoms with E-state index in [1.165, 1.54) is 16.2 Å². The van der Waals surface area contributed by atoms with Crippen LogP contribution in [-0.4, -0.2) is 15.0 Å². The Morgan fingerprint density at radius 1 is 0.314 bits per heavy atom. The standard InChI is InChI=1S/C47H29N3O/c1-3-11-30(12-4-1)33-16-9-17-35(27-33)45-48-46(36-23-25-39-34(28-36)22-21-32-15-7-8-18-38(32)39)50-47(49-45)37-24-26-41-43(29-37)51-42-20-10-19-40(44(41)42)31-13-5-2-6-14-31/h1-29H. The second-order valence-corrected chi connectivity index (χ2v) is 12.8. The van der Waals surface area contributed by atoms with Crippen LogP contribution in [0.5, 0.6) is 0 Å². The van der Waals surface area contributed by atoms with Crippen LogP contribution in [0.25, 0.3) is 99.9 Å². The molecule has 0 aliphatic carbocycles. The van der Waals surface area contributed by atoms with E-state index in [1.807, 2.05) is 18.2 Å². The fourth-order valence-electron chi connectivity index (χ4n) is 7.21. The lowest BCUT2D eigenvalue weighted by Gasteiger charge is -2.11. The molecule has 0 aliphatic rings. The van der Waals surface area contributed by atoms with E-state index < -0.39 is 0 Å². The molecule has 0 saturated carbocycles. The molecule has 0 unspecified atom stereocenters. The first-order chi connectivity index (χ1) is 25.2. The molecule has 238 valence electrons. The van der Waals surface area contributed by atoms with Crippen molar-refractivity contribution in [2.45, 2.75) is 0 Å². The van der Waals surface area contributed by atoms with Crippen LogP contribution in [0.15, 0.2) is 180 Å². The third kappa shape index (κ3) is 5.13. The van der Waals surface area contributed by atoms with Crippen LogP contribution < -0.4 is 0 Å². The van der Waals surface area contributed by atoms with Gasteiger partial charge in [0.1, 0.15) is 11.2 Å². The number of nitrogens with zero attached hydrogens (tertiary/aromatic N) is 3. The van der Waals surface area contributed by atoms with Crippen molar-refractivity contribution in [2.75, 3.05) is 0 Å². The van der Waals surface area contributed by atoms with Crippen molar-refractivity contribution < 1.29 is 4.42 Å². The SMILES string of the molecule is c1ccc(-c2cccc(-c3nc(-c4ccc5c(ccc6ccccc65)c4)nc(-c4ccc5c(c4)oc4cccc(-c6ccccc6)c45)n3)c2)cc1. The zero-order chi connectivity index (χ0) is 33.7. The largest absolute Gasteiger partial charge is 0.456 e. The number of hydrogen-bond donors (Lipinski definition) is 0. The van der Waals surface area contributed by atoms with Gasteiger partial charge in [-0.25, -0.2) is 15.0 Å². The maximum absolute atomic E-state index is 6.48. The summed E-state index contributed by atoms with van der Waals surface area (Å²) in [6.45, 7) is 0. The fourth-order valence-corrected chi connectivity index (χ4v) is 7.21. The minimum atomic E-state index is 0.587. The lowest BCUT2D eigenvalue weighted by Crippen LogP contribution is -2.00. The summed E-state index contributed by atoms with van der Waals surface area (Å²) in [7, 11) is 0. The summed E-state index contributed by atoms with van der Waals surface area (Å²) in [6, 6.07) is 61.1. The molecule has 0 saturated heterocycles. The molecule has 0 radical (unpaired) electrons. The van der Waals surface area contributed by atoms with Crippen molar-refractivity contribution in [3.05, 3.63) is 176 Å². The summed E-state index contributed by atoms with van der Waals surface area (Å²) in [5.41, 5.74) is 8.89. The lowest BCUT2D eigenvalue weighted by atomic mass is 9.99. The van der Waals surface area contributed by atoms with Crippen LogP contribution in [0.2, 0.25) is 0 Å². The number of rotatable bonds is 5. The number of fused-ring (bicyclic) bond motifs is 6. The van der Waals surface area contributed by atoms with E-state index in [0.717, 1.165) is 66.3 Å². The van der Waals surface area contributed by atoms with Crippen LogP contribution in [0.4, 0.5) is 0 Å². The maximum atomic E-state index is 6.48. The summed E-state index contributed by atoms with van der Waals surface area (Å²) in [5.74, 6) is 1.82. The van der Waals surface area contributed by atoms with Crippen molar-refractivity contribution in [1.82, 2.24) is 15.0 Å². The van der Waals surface area contributed by atoms with E-state index >= 15 is 0 Å². The molecule has 4 heteroatoms. The third-order valence-corrected chi connectivity index (χ3v) is 9.71. The van der Waals surface area contributed by atoms with E-state index in [0.29, 0.717) is 17.5 Å². The van der Waals surface area contributed by atoms with Crippen molar-refractivity contribution in [2.24, 2.45) is 0 Å². The van der Waals surface area contributed by atoms with Gasteiger partial charge >= 0.3 is 0 Å². The smallest absolute Gasteiger partial charge is 0.164 e. The first-order valence-corrected chi connectivity index (χ1v) is 17.1. The fraction of sp³-hybridized carbons (Fsp3) is 0. The van der Waals surface area contributed by atoms with E-state index in [1.54, 1.807) is 0 Å². The van der Waals surface area contributed by atoms with Crippen LogP contribution in [-0.2, 0) is 0 Å². The molecule has 4 nitrogen and oxygen atoms in total. The highest BCUT2D eigenvalue weighted by atomic mass is 16.3. The van der Waals surface area contributed by atoms with Gasteiger partial charge in [-0.05, 0) is 74.1 Å². The molecule has 10 rings (SSSR count). The highest BCUT2D eigenvalue weighted by Crippen LogP contribution is 2.38. The summed E-state index contributed by atoms with van der Waals surface area (Å²) < 4.78 is 6.48. The number of furan rings is 1. The summed E-state index contributed by atoms with van der Waals surface area (Å²) in [5, 5.41) is 6.94. The second kappa shape index (κ2) is 11.9. The van der Waals surface area contributed by atoms with E-state index in [-0.39, 0.29) is 0 Å². The average Bonchev–Trinajstić information content (AvgIpc) is 3.59. The molecule has 0 amide bonds. The van der Waals surface area contributed by atoms with Crippen LogP contribution in [0.3, 0.4) is 0 Å². The van der Waals surface area contributed by atoms with Gasteiger partial charge < -0.3 is 4.42 Å². The van der Waals surface area contributed by atoms with Gasteiger partial charge in [-0.3, -0.25) is 0 Å². The minimum Gasteiger partial charge on any atom is -0.456 e. The Kier molecular flexibility index (Phi) is 6.78. The molecule has 0 atom stereocenters. The van der Waals surface area contributed by atoms with E-state index in [9.17, 15) is 0 Å². The van der Waals surface area contributed by atoms with Gasteiger partial charge in [-0.1, -0.05) is 146 Å². The van der Waals surface area contributed by atoms with Gasteiger partial charge in [-0.15, -0.1) is 0 Å². The van der Waals surface area contributed by atoms with Gasteiger partial charge in [0.05, 0.1) is 0 Å². The molecule has 0 fully saturated rings. The Balaban J connectivity index is 1.15. The summed E-state index contributed by atoms with van der Waals surface area (Å²) in [4.78, 5) is 15.3. The van der Waals surface area contributed by atoms with Crippen molar-refractivity contribution in [3.63, 3.8) is 0 Å². The first-order valence-electron chi connectivity index (χ1n) is 17.1. The molecule has 0 spiro atoms. The van der Waals surface area contributed by atoms with Gasteiger partial charge in [0.15, 0.2) is 17.5 Å². The Labute approximate surface area is 294 Å². The molecule has 2 aromatic heterocycles. The van der Waals surface area contributed by atoms with Gasteiger partial charge in [0.25, 0.3) is 0 Å². The molecule has 0 aliphatic heterocycles. The van der Waals surface area contributed by atoms with Gasteiger partial charge in [0.2, 0.25) is 0 Å². The predicted molar refractivity (Wildman–Crippen MR) is 209 cm³/mol. The molecule has 0 N–H and O–H groups in total. The maximum Gasteiger partial charge on any atom is 0.164 e. The molecule has 0 bridgehead atoms. The second-order valence-electron chi connectivity index (χ2n) is 12.8. The Hall–Kier alpha value is -6.91. The molecule has 10 aromatic rings. The Bertz CT molecular complexity index is 2910. The van der Waals surface area contributed by atoms with Crippen molar-refractivity contribution in [3.8, 4) is 56.4 Å². The molecule has 2 heterocycles. The third-order valence-electron chi connectivity index (χ3n) is 9.71. The first kappa shape index (κ1) is 29.0. The van der Waals surface area contributed by atoms with Crippen LogP contribution >= 0.6 is 0 Å².